The second kappa shape index (κ2) is 5.38. The highest BCUT2D eigenvalue weighted by Gasteiger charge is 2.28. The first-order valence-corrected chi connectivity index (χ1v) is 6.07. The van der Waals surface area contributed by atoms with Crippen LogP contribution in [0.3, 0.4) is 0 Å². The fourth-order valence-electron chi connectivity index (χ4n) is 1.92. The molecule has 1 saturated heterocycles. The lowest BCUT2D eigenvalue weighted by molar-refractivity contribution is 0.221. The van der Waals surface area contributed by atoms with Gasteiger partial charge >= 0.3 is 6.03 Å². The van der Waals surface area contributed by atoms with Crippen molar-refractivity contribution in [2.45, 2.75) is 0 Å². The Morgan fingerprint density at radius 1 is 1.41 bits per heavy atom. The van der Waals surface area contributed by atoms with Gasteiger partial charge in [-0.15, -0.1) is 0 Å². The average molecular weight is 254 g/mol. The van der Waals surface area contributed by atoms with Gasteiger partial charge in [0.25, 0.3) is 0 Å². The number of anilines is 1. The third-order valence-electron chi connectivity index (χ3n) is 2.85. The van der Waals surface area contributed by atoms with Crippen LogP contribution in [-0.2, 0) is 0 Å². The number of amides is 2. The minimum Gasteiger partial charge on any atom is -0.321 e. The molecule has 5 heteroatoms. The Balaban J connectivity index is 2.07. The third-order valence-corrected chi connectivity index (χ3v) is 3.08. The normalized spacial score (nSPS) is 15.8. The molecule has 1 aliphatic rings. The zero-order valence-electron chi connectivity index (χ0n) is 9.82. The monoisotopic (exact) mass is 253 g/mol. The first-order chi connectivity index (χ1) is 8.22. The van der Waals surface area contributed by atoms with Crippen molar-refractivity contribution in [3.63, 3.8) is 0 Å². The van der Waals surface area contributed by atoms with Crippen LogP contribution in [0.15, 0.2) is 24.3 Å². The van der Waals surface area contributed by atoms with Crippen molar-refractivity contribution in [2.75, 3.05) is 38.1 Å². The van der Waals surface area contributed by atoms with Crippen molar-refractivity contribution in [1.82, 2.24) is 10.2 Å². The molecule has 2 amide bonds. The van der Waals surface area contributed by atoms with Crippen LogP contribution >= 0.6 is 11.6 Å². The molecule has 0 aromatic heterocycles. The molecular weight excluding hydrogens is 238 g/mol. The molecule has 1 aromatic carbocycles. The number of hydrogen-bond donors (Lipinski definition) is 1. The van der Waals surface area contributed by atoms with Crippen molar-refractivity contribution in [3.8, 4) is 0 Å². The van der Waals surface area contributed by atoms with E-state index in [0.717, 1.165) is 31.9 Å². The summed E-state index contributed by atoms with van der Waals surface area (Å²) in [5.41, 5.74) is 0.870. The second-order valence-electron chi connectivity index (χ2n) is 4.00. The predicted molar refractivity (Wildman–Crippen MR) is 69.7 cm³/mol. The highest BCUT2D eigenvalue weighted by atomic mass is 35.5. The molecule has 1 fully saturated rings. The molecule has 1 N–H and O–H groups in total. The van der Waals surface area contributed by atoms with Crippen LogP contribution < -0.4 is 10.2 Å². The number of benzene rings is 1. The Bertz CT molecular complexity index is 410. The molecule has 0 spiro atoms. The maximum absolute atomic E-state index is 12.1. The number of carbonyl (C=O) groups is 1. The van der Waals surface area contributed by atoms with Gasteiger partial charge in [-0.25, -0.2) is 4.79 Å². The molecule has 1 aliphatic heterocycles. The molecule has 0 unspecified atom stereocenters. The highest BCUT2D eigenvalue weighted by Crippen LogP contribution is 2.23. The van der Waals surface area contributed by atoms with Crippen molar-refractivity contribution in [2.24, 2.45) is 0 Å². The van der Waals surface area contributed by atoms with E-state index in [4.69, 9.17) is 11.6 Å². The van der Waals surface area contributed by atoms with E-state index in [1.54, 1.807) is 4.90 Å². The number of nitrogens with zero attached hydrogens (tertiary/aromatic N) is 2. The molecule has 0 atom stereocenters. The van der Waals surface area contributed by atoms with Crippen molar-refractivity contribution in [3.05, 3.63) is 29.3 Å². The molecule has 0 aliphatic carbocycles. The van der Waals surface area contributed by atoms with Crippen molar-refractivity contribution >= 4 is 23.3 Å². The van der Waals surface area contributed by atoms with E-state index in [0.29, 0.717) is 5.02 Å². The summed E-state index contributed by atoms with van der Waals surface area (Å²) in [6.45, 7) is 3.05. The van der Waals surface area contributed by atoms with Gasteiger partial charge in [0.2, 0.25) is 0 Å². The standard InChI is InChI=1S/C12H16ClN3O/c1-14-5-6-15-7-8-16(12(15)17)11-4-2-3-10(13)9-11/h2-4,9,14H,5-8H2,1H3. The third kappa shape index (κ3) is 2.70. The minimum absolute atomic E-state index is 0.0579. The van der Waals surface area contributed by atoms with Gasteiger partial charge in [0, 0.05) is 36.9 Å². The molecule has 1 aromatic rings. The summed E-state index contributed by atoms with van der Waals surface area (Å²) < 4.78 is 0. The second-order valence-corrected chi connectivity index (χ2v) is 4.44. The van der Waals surface area contributed by atoms with Gasteiger partial charge in [0.05, 0.1) is 0 Å². The van der Waals surface area contributed by atoms with Gasteiger partial charge in [-0.2, -0.15) is 0 Å². The number of nitrogens with one attached hydrogen (secondary N) is 1. The van der Waals surface area contributed by atoms with Gasteiger partial charge in [0.1, 0.15) is 0 Å². The van der Waals surface area contributed by atoms with Crippen LogP contribution in [0.25, 0.3) is 0 Å². The summed E-state index contributed by atoms with van der Waals surface area (Å²) in [7, 11) is 1.88. The lowest BCUT2D eigenvalue weighted by Crippen LogP contribution is -2.35. The predicted octanol–water partition coefficient (Wildman–Crippen LogP) is 1.80. The lowest BCUT2D eigenvalue weighted by Gasteiger charge is -2.18. The first kappa shape index (κ1) is 12.2. The maximum Gasteiger partial charge on any atom is 0.324 e. The summed E-state index contributed by atoms with van der Waals surface area (Å²) in [6, 6.07) is 7.46. The molecule has 2 rings (SSSR count). The zero-order valence-corrected chi connectivity index (χ0v) is 10.6. The molecular formula is C12H16ClN3O. The highest BCUT2D eigenvalue weighted by molar-refractivity contribution is 6.30. The van der Waals surface area contributed by atoms with E-state index in [2.05, 4.69) is 5.32 Å². The number of hydrogen-bond acceptors (Lipinski definition) is 2. The van der Waals surface area contributed by atoms with E-state index >= 15 is 0 Å². The van der Waals surface area contributed by atoms with Crippen LogP contribution in [0.4, 0.5) is 10.5 Å². The Labute approximate surface area is 106 Å². The van der Waals surface area contributed by atoms with E-state index < -0.39 is 0 Å². The molecule has 4 nitrogen and oxygen atoms in total. The Kier molecular flexibility index (Phi) is 3.86. The van der Waals surface area contributed by atoms with Crippen LogP contribution in [0.5, 0.6) is 0 Å². The van der Waals surface area contributed by atoms with Crippen LogP contribution in [-0.4, -0.2) is 44.2 Å². The fraction of sp³-hybridized carbons (Fsp3) is 0.417. The topological polar surface area (TPSA) is 35.6 Å². The van der Waals surface area contributed by atoms with E-state index in [-0.39, 0.29) is 6.03 Å². The molecule has 0 bridgehead atoms. The Morgan fingerprint density at radius 3 is 2.94 bits per heavy atom. The summed E-state index contributed by atoms with van der Waals surface area (Å²) in [5, 5.41) is 3.70. The SMILES string of the molecule is CNCCN1CCN(c2cccc(Cl)c2)C1=O. The molecule has 17 heavy (non-hydrogen) atoms. The van der Waals surface area contributed by atoms with E-state index in [1.165, 1.54) is 0 Å². The van der Waals surface area contributed by atoms with Gasteiger partial charge in [-0.05, 0) is 25.2 Å². The largest absolute Gasteiger partial charge is 0.324 e. The summed E-state index contributed by atoms with van der Waals surface area (Å²) in [4.78, 5) is 15.7. The van der Waals surface area contributed by atoms with Crippen LogP contribution in [0.1, 0.15) is 0 Å². The number of rotatable bonds is 4. The summed E-state index contributed by atoms with van der Waals surface area (Å²) in [6.07, 6.45) is 0. The smallest absolute Gasteiger partial charge is 0.321 e. The van der Waals surface area contributed by atoms with Gasteiger partial charge in [0.15, 0.2) is 0 Å². The minimum atomic E-state index is 0.0579. The zero-order chi connectivity index (χ0) is 12.3. The molecule has 0 radical (unpaired) electrons. The Morgan fingerprint density at radius 2 is 2.24 bits per heavy atom. The summed E-state index contributed by atoms with van der Waals surface area (Å²) >= 11 is 5.93. The average Bonchev–Trinajstić information content (AvgIpc) is 2.68. The van der Waals surface area contributed by atoms with Gasteiger partial charge < -0.3 is 10.2 Å². The van der Waals surface area contributed by atoms with Gasteiger partial charge in [-0.1, -0.05) is 17.7 Å². The Hall–Kier alpha value is -1.26. The van der Waals surface area contributed by atoms with Crippen molar-refractivity contribution < 1.29 is 4.79 Å². The number of urea groups is 1. The van der Waals surface area contributed by atoms with Gasteiger partial charge in [-0.3, -0.25) is 4.90 Å². The van der Waals surface area contributed by atoms with E-state index in [1.807, 2.05) is 36.2 Å². The quantitative estimate of drug-likeness (QED) is 0.888. The van der Waals surface area contributed by atoms with Crippen LogP contribution in [0, 0.1) is 0 Å². The van der Waals surface area contributed by atoms with Crippen LogP contribution in [0.2, 0.25) is 5.02 Å². The first-order valence-electron chi connectivity index (χ1n) is 5.69. The molecule has 0 saturated carbocycles. The number of likely N-dealkylation sites (N-methyl/N-ethyl adjacent to an activating group) is 1. The lowest BCUT2D eigenvalue weighted by atomic mass is 10.3. The fourth-order valence-corrected chi connectivity index (χ4v) is 2.11. The number of halogens is 1. The van der Waals surface area contributed by atoms with E-state index in [9.17, 15) is 4.79 Å². The number of carbonyl (C=O) groups excluding carboxylic acids is 1. The molecule has 92 valence electrons. The molecule has 1 heterocycles. The maximum atomic E-state index is 12.1. The van der Waals surface area contributed by atoms with Crippen molar-refractivity contribution in [1.29, 1.82) is 0 Å². The summed E-state index contributed by atoms with van der Waals surface area (Å²) in [5.74, 6) is 0.